The van der Waals surface area contributed by atoms with E-state index in [1.54, 1.807) is 11.9 Å². The number of nitrogens with one attached hydrogen (secondary N) is 1. The summed E-state index contributed by atoms with van der Waals surface area (Å²) in [6.07, 6.45) is 2.44. The predicted molar refractivity (Wildman–Crippen MR) is 110 cm³/mol. The number of benzene rings is 2. The average Bonchev–Trinajstić information content (AvgIpc) is 3.11. The molecule has 1 heterocycles. The van der Waals surface area contributed by atoms with Gasteiger partial charge in [-0.1, -0.05) is 32.0 Å². The van der Waals surface area contributed by atoms with Gasteiger partial charge in [0.1, 0.15) is 0 Å². The number of para-hydroxylation sites is 1. The number of hydrogen-bond acceptors (Lipinski definition) is 3. The minimum absolute atomic E-state index is 0.0119. The van der Waals surface area contributed by atoms with E-state index >= 15 is 0 Å². The molecule has 3 aromatic rings. The van der Waals surface area contributed by atoms with Crippen molar-refractivity contribution in [2.24, 2.45) is 5.92 Å². The summed E-state index contributed by atoms with van der Waals surface area (Å²) in [5.41, 5.74) is 3.27. The fraction of sp³-hybridized carbons (Fsp3) is 0.318. The molecule has 1 amide bonds. The van der Waals surface area contributed by atoms with Gasteiger partial charge in [-0.3, -0.25) is 4.79 Å². The molecule has 1 atom stereocenters. The first kappa shape index (κ1) is 18.8. The maximum atomic E-state index is 12.8. The lowest BCUT2D eigenvalue weighted by Crippen LogP contribution is -2.37. The van der Waals surface area contributed by atoms with E-state index in [0.29, 0.717) is 17.7 Å². The number of carbonyl (C=O) groups excluding carboxylic acids is 1. The molecule has 0 radical (unpaired) electrons. The summed E-state index contributed by atoms with van der Waals surface area (Å²) < 4.78 is 1.87. The molecule has 0 saturated carbocycles. The molecule has 1 aromatic heterocycles. The standard InChI is InChI=1S/C22H26N4O/c1-15(2)20(23)13-16(3)25(4)22(27)17-9-11-19(12-10-17)26-21-8-6-5-7-18(21)14-24-26/h5-12,14-16,23H,13H2,1-4H3/t16-/m1/s1. The molecule has 0 unspecified atom stereocenters. The predicted octanol–water partition coefficient (Wildman–Crippen LogP) is 4.55. The van der Waals surface area contributed by atoms with E-state index in [-0.39, 0.29) is 17.9 Å². The zero-order valence-corrected chi connectivity index (χ0v) is 16.3. The summed E-state index contributed by atoms with van der Waals surface area (Å²) in [6, 6.07) is 15.5. The first-order valence-corrected chi connectivity index (χ1v) is 9.26. The Kier molecular flexibility index (Phi) is 5.40. The van der Waals surface area contributed by atoms with E-state index in [2.05, 4.69) is 5.10 Å². The molecular weight excluding hydrogens is 336 g/mol. The van der Waals surface area contributed by atoms with E-state index in [0.717, 1.165) is 16.6 Å². The van der Waals surface area contributed by atoms with Gasteiger partial charge in [-0.2, -0.15) is 5.10 Å². The number of aromatic nitrogens is 2. The number of nitrogens with zero attached hydrogens (tertiary/aromatic N) is 3. The van der Waals surface area contributed by atoms with Crippen LogP contribution >= 0.6 is 0 Å². The molecule has 0 aliphatic carbocycles. The second-order valence-corrected chi connectivity index (χ2v) is 7.31. The number of amides is 1. The first-order chi connectivity index (χ1) is 12.9. The van der Waals surface area contributed by atoms with Crippen LogP contribution in [0.3, 0.4) is 0 Å². The van der Waals surface area contributed by atoms with Gasteiger partial charge in [0.15, 0.2) is 0 Å². The van der Waals surface area contributed by atoms with Crippen LogP contribution in [0.5, 0.6) is 0 Å². The first-order valence-electron chi connectivity index (χ1n) is 9.26. The van der Waals surface area contributed by atoms with Crippen LogP contribution in [-0.2, 0) is 0 Å². The molecule has 0 aliphatic heterocycles. The Morgan fingerprint density at radius 2 is 1.78 bits per heavy atom. The van der Waals surface area contributed by atoms with Crippen molar-refractivity contribution in [3.63, 3.8) is 0 Å². The molecule has 5 nitrogen and oxygen atoms in total. The topological polar surface area (TPSA) is 62.0 Å². The number of hydrogen-bond donors (Lipinski definition) is 1. The highest BCUT2D eigenvalue weighted by molar-refractivity contribution is 5.95. The number of rotatable bonds is 6. The highest BCUT2D eigenvalue weighted by Crippen LogP contribution is 2.19. The zero-order chi connectivity index (χ0) is 19.6. The lowest BCUT2D eigenvalue weighted by atomic mass is 10.0. The third kappa shape index (κ3) is 3.92. The molecule has 5 heteroatoms. The Bertz CT molecular complexity index is 956. The van der Waals surface area contributed by atoms with Crippen LogP contribution in [0.15, 0.2) is 54.7 Å². The minimum atomic E-state index is -0.0315. The highest BCUT2D eigenvalue weighted by Gasteiger charge is 2.19. The Hall–Kier alpha value is -2.95. The van der Waals surface area contributed by atoms with E-state index in [1.807, 2.05) is 80.2 Å². The van der Waals surface area contributed by atoms with Crippen molar-refractivity contribution < 1.29 is 4.79 Å². The molecule has 0 bridgehead atoms. The molecule has 3 rings (SSSR count). The Balaban J connectivity index is 1.76. The summed E-state index contributed by atoms with van der Waals surface area (Å²) in [5, 5.41) is 13.6. The van der Waals surface area contributed by atoms with Crippen molar-refractivity contribution in [3.05, 3.63) is 60.3 Å². The van der Waals surface area contributed by atoms with Crippen molar-refractivity contribution in [1.29, 1.82) is 5.41 Å². The van der Waals surface area contributed by atoms with Crippen LogP contribution in [0.1, 0.15) is 37.6 Å². The molecule has 2 aromatic carbocycles. The van der Waals surface area contributed by atoms with Gasteiger partial charge in [-0.25, -0.2) is 4.68 Å². The largest absolute Gasteiger partial charge is 0.339 e. The van der Waals surface area contributed by atoms with Gasteiger partial charge >= 0.3 is 0 Å². The lowest BCUT2D eigenvalue weighted by molar-refractivity contribution is 0.0747. The van der Waals surface area contributed by atoms with E-state index in [1.165, 1.54) is 0 Å². The van der Waals surface area contributed by atoms with Gasteiger partial charge in [0, 0.05) is 36.2 Å². The van der Waals surface area contributed by atoms with Gasteiger partial charge in [0.05, 0.1) is 17.4 Å². The third-order valence-corrected chi connectivity index (χ3v) is 5.03. The Morgan fingerprint density at radius 1 is 1.11 bits per heavy atom. The van der Waals surface area contributed by atoms with Crippen molar-refractivity contribution in [2.75, 3.05) is 7.05 Å². The zero-order valence-electron chi connectivity index (χ0n) is 16.3. The Labute approximate surface area is 160 Å². The van der Waals surface area contributed by atoms with Crippen LogP contribution in [0.2, 0.25) is 0 Å². The summed E-state index contributed by atoms with van der Waals surface area (Å²) >= 11 is 0. The smallest absolute Gasteiger partial charge is 0.253 e. The molecule has 0 aliphatic rings. The normalized spacial score (nSPS) is 12.3. The van der Waals surface area contributed by atoms with Gasteiger partial charge < -0.3 is 10.3 Å². The molecule has 0 fully saturated rings. The quantitative estimate of drug-likeness (QED) is 0.654. The molecule has 140 valence electrons. The summed E-state index contributed by atoms with van der Waals surface area (Å²) in [6.45, 7) is 6.00. The number of fused-ring (bicyclic) bond motifs is 1. The average molecular weight is 362 g/mol. The van der Waals surface area contributed by atoms with Gasteiger partial charge in [0.25, 0.3) is 5.91 Å². The minimum Gasteiger partial charge on any atom is -0.339 e. The molecule has 0 saturated heterocycles. The van der Waals surface area contributed by atoms with Crippen LogP contribution in [-0.4, -0.2) is 39.4 Å². The highest BCUT2D eigenvalue weighted by atomic mass is 16.2. The summed E-state index contributed by atoms with van der Waals surface area (Å²) in [5.74, 6) is 0.176. The Morgan fingerprint density at radius 3 is 2.44 bits per heavy atom. The van der Waals surface area contributed by atoms with Crippen LogP contribution in [0.4, 0.5) is 0 Å². The molecule has 0 spiro atoms. The van der Waals surface area contributed by atoms with E-state index < -0.39 is 0 Å². The fourth-order valence-corrected chi connectivity index (χ4v) is 3.02. The van der Waals surface area contributed by atoms with Gasteiger partial charge in [-0.05, 0) is 43.2 Å². The molecular formula is C22H26N4O. The maximum absolute atomic E-state index is 12.8. The summed E-state index contributed by atoms with van der Waals surface area (Å²) in [4.78, 5) is 14.5. The van der Waals surface area contributed by atoms with Gasteiger partial charge in [-0.15, -0.1) is 0 Å². The van der Waals surface area contributed by atoms with Crippen molar-refractivity contribution >= 4 is 22.5 Å². The van der Waals surface area contributed by atoms with Crippen molar-refractivity contribution in [2.45, 2.75) is 33.2 Å². The maximum Gasteiger partial charge on any atom is 0.253 e. The van der Waals surface area contributed by atoms with E-state index in [9.17, 15) is 4.79 Å². The third-order valence-electron chi connectivity index (χ3n) is 5.03. The second kappa shape index (κ2) is 7.74. The summed E-state index contributed by atoms with van der Waals surface area (Å²) in [7, 11) is 1.80. The van der Waals surface area contributed by atoms with E-state index in [4.69, 9.17) is 5.41 Å². The van der Waals surface area contributed by atoms with Crippen molar-refractivity contribution in [1.82, 2.24) is 14.7 Å². The fourth-order valence-electron chi connectivity index (χ4n) is 3.02. The van der Waals surface area contributed by atoms with Crippen LogP contribution < -0.4 is 0 Å². The second-order valence-electron chi connectivity index (χ2n) is 7.31. The monoisotopic (exact) mass is 362 g/mol. The van der Waals surface area contributed by atoms with Gasteiger partial charge in [0.2, 0.25) is 0 Å². The van der Waals surface area contributed by atoms with Crippen LogP contribution in [0.25, 0.3) is 16.6 Å². The molecule has 1 N–H and O–H groups in total. The molecule has 27 heavy (non-hydrogen) atoms. The SMILES string of the molecule is CC(C)C(=N)C[C@@H](C)N(C)C(=O)c1ccc(-n2ncc3ccccc32)cc1. The van der Waals surface area contributed by atoms with Crippen LogP contribution in [0, 0.1) is 11.3 Å². The number of carbonyl (C=O) groups is 1. The van der Waals surface area contributed by atoms with Crippen molar-refractivity contribution in [3.8, 4) is 5.69 Å². The lowest BCUT2D eigenvalue weighted by Gasteiger charge is -2.26.